The topological polar surface area (TPSA) is 76.0 Å². The summed E-state index contributed by atoms with van der Waals surface area (Å²) in [5, 5.41) is 8.64. The molecule has 0 saturated heterocycles. The highest BCUT2D eigenvalue weighted by atomic mass is 19.4. The second kappa shape index (κ2) is 9.08. The largest absolute Gasteiger partial charge is 0.434 e. The Kier molecular flexibility index (Phi) is 6.30. The molecular weight excluding hydrogens is 478 g/mol. The quantitative estimate of drug-likeness (QED) is 0.462. The first-order valence-corrected chi connectivity index (χ1v) is 10.4. The number of hydrogen-bond acceptors (Lipinski definition) is 3. The molecule has 3 aromatic rings. The Hall–Kier alpha value is -3.83. The molecule has 0 radical (unpaired) electrons. The molecule has 2 aromatic carbocycles. The minimum absolute atomic E-state index is 0.0208. The van der Waals surface area contributed by atoms with E-state index in [0.717, 1.165) is 31.0 Å². The molecule has 35 heavy (non-hydrogen) atoms. The maximum atomic E-state index is 13.8. The maximum Gasteiger partial charge on any atom is 0.434 e. The third-order valence-corrected chi connectivity index (χ3v) is 5.30. The summed E-state index contributed by atoms with van der Waals surface area (Å²) in [6.07, 6.45) is -7.56. The zero-order valence-electron chi connectivity index (χ0n) is 17.9. The van der Waals surface area contributed by atoms with Crippen LogP contribution in [0.5, 0.6) is 0 Å². The van der Waals surface area contributed by atoms with Crippen molar-refractivity contribution in [3.63, 3.8) is 0 Å². The molecule has 1 aliphatic rings. The minimum atomic E-state index is -5.08. The molecule has 0 unspecified atom stereocenters. The van der Waals surface area contributed by atoms with Gasteiger partial charge in [0.25, 0.3) is 5.91 Å². The van der Waals surface area contributed by atoms with Crippen LogP contribution in [0, 0.1) is 5.92 Å². The number of amides is 2. The van der Waals surface area contributed by atoms with Gasteiger partial charge in [-0.1, -0.05) is 18.2 Å². The van der Waals surface area contributed by atoms with Gasteiger partial charge in [-0.05, 0) is 48.7 Å². The van der Waals surface area contributed by atoms with E-state index in [9.17, 15) is 35.9 Å². The number of nitrogens with zero attached hydrogens (tertiary/aromatic N) is 2. The Balaban J connectivity index is 1.55. The van der Waals surface area contributed by atoms with Crippen LogP contribution < -0.4 is 10.6 Å². The van der Waals surface area contributed by atoms with Crippen molar-refractivity contribution in [2.75, 3.05) is 5.32 Å². The lowest BCUT2D eigenvalue weighted by atomic mass is 10.1. The van der Waals surface area contributed by atoms with Crippen LogP contribution in [0.1, 0.15) is 40.0 Å². The number of benzene rings is 2. The minimum Gasteiger partial charge on any atom is -0.348 e. The average Bonchev–Trinajstić information content (AvgIpc) is 3.54. The molecule has 6 nitrogen and oxygen atoms in total. The standard InChI is InChI=1S/C23H18F6N4O2/c24-22(25,26)15-4-2-6-17(10-15)33-19(23(27,28)29)18(12-31-33)21(35)30-11-13-3-1-5-16(9-13)32-20(34)14-7-8-14/h1-6,9-10,12,14H,7-8,11H2,(H,30,35)(H,32,34). The van der Waals surface area contributed by atoms with Gasteiger partial charge in [-0.25, -0.2) is 4.68 Å². The van der Waals surface area contributed by atoms with Crippen LogP contribution in [-0.2, 0) is 23.7 Å². The highest BCUT2D eigenvalue weighted by molar-refractivity contribution is 5.95. The SMILES string of the molecule is O=C(NCc1cccc(NC(=O)C2CC2)c1)c1cnn(-c2cccc(C(F)(F)F)c2)c1C(F)(F)F. The van der Waals surface area contributed by atoms with Gasteiger partial charge in [-0.3, -0.25) is 9.59 Å². The van der Waals surface area contributed by atoms with Gasteiger partial charge in [0.1, 0.15) is 0 Å². The Bertz CT molecular complexity index is 1260. The number of hydrogen-bond donors (Lipinski definition) is 2. The lowest BCUT2D eigenvalue weighted by Gasteiger charge is -2.14. The summed E-state index contributed by atoms with van der Waals surface area (Å²) in [6.45, 7) is -0.155. The van der Waals surface area contributed by atoms with Crippen molar-refractivity contribution in [2.45, 2.75) is 31.7 Å². The third-order valence-electron chi connectivity index (χ3n) is 5.30. The predicted octanol–water partition coefficient (Wildman–Crippen LogP) is 5.19. The number of rotatable bonds is 6. The number of anilines is 1. The predicted molar refractivity (Wildman–Crippen MR) is 113 cm³/mol. The second-order valence-electron chi connectivity index (χ2n) is 8.01. The number of carbonyl (C=O) groups excluding carboxylic acids is 2. The highest BCUT2D eigenvalue weighted by Crippen LogP contribution is 2.35. The lowest BCUT2D eigenvalue weighted by Crippen LogP contribution is -2.26. The molecule has 2 N–H and O–H groups in total. The number of halogens is 6. The molecule has 1 fully saturated rings. The number of nitrogens with one attached hydrogen (secondary N) is 2. The number of alkyl halides is 6. The van der Waals surface area contributed by atoms with Gasteiger partial charge in [0.15, 0.2) is 5.69 Å². The van der Waals surface area contributed by atoms with Gasteiger partial charge < -0.3 is 10.6 Å². The van der Waals surface area contributed by atoms with Gasteiger partial charge in [-0.2, -0.15) is 31.4 Å². The van der Waals surface area contributed by atoms with Gasteiger partial charge >= 0.3 is 12.4 Å². The summed E-state index contributed by atoms with van der Waals surface area (Å²) in [4.78, 5) is 24.5. The fourth-order valence-electron chi connectivity index (χ4n) is 3.42. The van der Waals surface area contributed by atoms with Crippen molar-refractivity contribution in [3.8, 4) is 5.69 Å². The molecule has 1 aliphatic carbocycles. The smallest absolute Gasteiger partial charge is 0.348 e. The molecule has 0 bridgehead atoms. The number of carbonyl (C=O) groups is 2. The van der Waals surface area contributed by atoms with Gasteiger partial charge in [-0.15, -0.1) is 0 Å². The normalized spacial score (nSPS) is 14.0. The van der Waals surface area contributed by atoms with E-state index >= 15 is 0 Å². The van der Waals surface area contributed by atoms with E-state index in [1.807, 2.05) is 0 Å². The van der Waals surface area contributed by atoms with E-state index < -0.39 is 40.8 Å². The second-order valence-corrected chi connectivity index (χ2v) is 8.01. The summed E-state index contributed by atoms with van der Waals surface area (Å²) in [5.41, 5.74) is -2.98. The van der Waals surface area contributed by atoms with Crippen LogP contribution in [0.25, 0.3) is 5.69 Å². The molecule has 0 atom stereocenters. The van der Waals surface area contributed by atoms with Crippen LogP contribution in [-0.4, -0.2) is 21.6 Å². The first-order chi connectivity index (χ1) is 16.4. The molecule has 0 spiro atoms. The van der Waals surface area contributed by atoms with E-state index in [4.69, 9.17) is 0 Å². The summed E-state index contributed by atoms with van der Waals surface area (Å²) >= 11 is 0. The van der Waals surface area contributed by atoms with Crippen molar-refractivity contribution in [1.29, 1.82) is 0 Å². The molecule has 184 valence electrons. The van der Waals surface area contributed by atoms with E-state index in [1.165, 1.54) is 0 Å². The van der Waals surface area contributed by atoms with Crippen LogP contribution in [0.2, 0.25) is 0 Å². The Labute approximate surface area is 194 Å². The van der Waals surface area contributed by atoms with Gasteiger partial charge in [0, 0.05) is 18.2 Å². The molecule has 1 saturated carbocycles. The van der Waals surface area contributed by atoms with Gasteiger partial charge in [0.2, 0.25) is 5.91 Å². The van der Waals surface area contributed by atoms with E-state index in [-0.39, 0.29) is 23.1 Å². The summed E-state index contributed by atoms with van der Waals surface area (Å²) in [5.74, 6) is -1.25. The van der Waals surface area contributed by atoms with Gasteiger partial charge in [0.05, 0.1) is 23.0 Å². The summed E-state index contributed by atoms with van der Waals surface area (Å²) in [6, 6.07) is 9.68. The molecule has 1 heterocycles. The lowest BCUT2D eigenvalue weighted by molar-refractivity contribution is -0.143. The Morgan fingerprint density at radius 3 is 2.34 bits per heavy atom. The van der Waals surface area contributed by atoms with Crippen molar-refractivity contribution in [1.82, 2.24) is 15.1 Å². The van der Waals surface area contributed by atoms with Crippen molar-refractivity contribution in [2.24, 2.45) is 5.92 Å². The van der Waals surface area contributed by atoms with Crippen molar-refractivity contribution in [3.05, 3.63) is 77.1 Å². The number of aromatic nitrogens is 2. The highest BCUT2D eigenvalue weighted by Gasteiger charge is 2.41. The van der Waals surface area contributed by atoms with E-state index in [1.54, 1.807) is 24.3 Å². The molecule has 1 aromatic heterocycles. The first kappa shape index (κ1) is 24.3. The molecule has 0 aliphatic heterocycles. The van der Waals surface area contributed by atoms with E-state index in [0.29, 0.717) is 23.5 Å². The summed E-state index contributed by atoms with van der Waals surface area (Å²) < 4.78 is 80.8. The van der Waals surface area contributed by atoms with Crippen molar-refractivity contribution >= 4 is 17.5 Å². The molecule has 2 amide bonds. The molecular formula is C23H18F6N4O2. The Morgan fingerprint density at radius 2 is 1.69 bits per heavy atom. The maximum absolute atomic E-state index is 13.8. The zero-order valence-corrected chi connectivity index (χ0v) is 17.9. The molecule has 12 heteroatoms. The van der Waals surface area contributed by atoms with E-state index in [2.05, 4.69) is 15.7 Å². The van der Waals surface area contributed by atoms with Crippen LogP contribution in [0.3, 0.4) is 0 Å². The van der Waals surface area contributed by atoms with Crippen LogP contribution in [0.4, 0.5) is 32.0 Å². The summed E-state index contributed by atoms with van der Waals surface area (Å²) in [7, 11) is 0. The van der Waals surface area contributed by atoms with Crippen LogP contribution in [0.15, 0.2) is 54.7 Å². The average molecular weight is 496 g/mol. The Morgan fingerprint density at radius 1 is 0.971 bits per heavy atom. The fourth-order valence-corrected chi connectivity index (χ4v) is 3.42. The molecule has 4 rings (SSSR count). The first-order valence-electron chi connectivity index (χ1n) is 10.4. The monoisotopic (exact) mass is 496 g/mol. The third kappa shape index (κ3) is 5.64. The van der Waals surface area contributed by atoms with Crippen LogP contribution >= 0.6 is 0 Å². The zero-order chi connectivity index (χ0) is 25.4. The fraction of sp³-hybridized carbons (Fsp3) is 0.261. The van der Waals surface area contributed by atoms with Crippen molar-refractivity contribution < 1.29 is 35.9 Å².